The van der Waals surface area contributed by atoms with Crippen molar-refractivity contribution in [3.8, 4) is 0 Å². The molecular formula is C18H33Cl2N5O. The number of piperazine rings is 1. The Balaban J connectivity index is 0.00000312. The van der Waals surface area contributed by atoms with Crippen LogP contribution in [-0.4, -0.2) is 73.0 Å². The molecule has 1 atom stereocenters. The Morgan fingerprint density at radius 1 is 1.23 bits per heavy atom. The van der Waals surface area contributed by atoms with E-state index in [1.54, 1.807) is 0 Å². The van der Waals surface area contributed by atoms with Gasteiger partial charge in [0.1, 0.15) is 5.82 Å². The van der Waals surface area contributed by atoms with Gasteiger partial charge in [0.25, 0.3) is 0 Å². The number of rotatable bonds is 7. The number of aromatic nitrogens is 1. The first-order chi connectivity index (χ1) is 11.5. The molecule has 2 N–H and O–H groups in total. The van der Waals surface area contributed by atoms with E-state index in [9.17, 15) is 4.79 Å². The van der Waals surface area contributed by atoms with Crippen LogP contribution in [0.1, 0.15) is 20.3 Å². The van der Waals surface area contributed by atoms with Crippen molar-refractivity contribution in [2.24, 2.45) is 11.7 Å². The predicted molar refractivity (Wildman–Crippen MR) is 112 cm³/mol. The minimum absolute atomic E-state index is 0. The lowest BCUT2D eigenvalue weighted by atomic mass is 10.0. The Kier molecular flexibility index (Phi) is 11.8. The second-order valence-electron chi connectivity index (χ2n) is 6.96. The molecule has 1 saturated heterocycles. The van der Waals surface area contributed by atoms with E-state index in [4.69, 9.17) is 5.73 Å². The molecule has 2 rings (SSSR count). The number of halogens is 2. The summed E-state index contributed by atoms with van der Waals surface area (Å²) in [5.41, 5.74) is 6.06. The SMILES string of the molecule is CC(C)C(N)CCN(C)C(=O)CN1CCN(c2ccccn2)CC1.Cl.Cl. The molecule has 0 radical (unpaired) electrons. The van der Waals surface area contributed by atoms with E-state index >= 15 is 0 Å². The standard InChI is InChI=1S/C18H31N5O.2ClH/c1-15(2)16(19)7-9-21(3)18(24)14-22-10-12-23(13-11-22)17-6-4-5-8-20-17;;/h4-6,8,15-16H,7,9-14,19H2,1-3H3;2*1H. The van der Waals surface area contributed by atoms with Gasteiger partial charge in [-0.3, -0.25) is 9.69 Å². The summed E-state index contributed by atoms with van der Waals surface area (Å²) in [7, 11) is 1.87. The molecule has 1 aliphatic rings. The number of nitrogens with zero attached hydrogens (tertiary/aromatic N) is 4. The lowest BCUT2D eigenvalue weighted by molar-refractivity contribution is -0.131. The van der Waals surface area contributed by atoms with Crippen molar-refractivity contribution in [2.75, 3.05) is 51.2 Å². The van der Waals surface area contributed by atoms with Gasteiger partial charge in [-0.25, -0.2) is 4.98 Å². The summed E-state index contributed by atoms with van der Waals surface area (Å²) in [6.07, 6.45) is 2.68. The quantitative estimate of drug-likeness (QED) is 0.749. The smallest absolute Gasteiger partial charge is 0.236 e. The third-order valence-electron chi connectivity index (χ3n) is 4.78. The van der Waals surface area contributed by atoms with Crippen LogP contribution in [0.5, 0.6) is 0 Å². The normalized spacial score (nSPS) is 15.8. The molecule has 0 saturated carbocycles. The van der Waals surface area contributed by atoms with E-state index in [2.05, 4.69) is 28.6 Å². The molecule has 0 spiro atoms. The highest BCUT2D eigenvalue weighted by molar-refractivity contribution is 5.85. The van der Waals surface area contributed by atoms with Crippen molar-refractivity contribution >= 4 is 36.5 Å². The summed E-state index contributed by atoms with van der Waals surface area (Å²) in [5, 5.41) is 0. The first kappa shape index (κ1) is 24.9. The van der Waals surface area contributed by atoms with Gasteiger partial charge >= 0.3 is 0 Å². The molecule has 0 bridgehead atoms. The average Bonchev–Trinajstić information content (AvgIpc) is 2.60. The topological polar surface area (TPSA) is 65.7 Å². The highest BCUT2D eigenvalue weighted by atomic mass is 35.5. The Bertz CT molecular complexity index is 510. The van der Waals surface area contributed by atoms with Crippen molar-refractivity contribution in [2.45, 2.75) is 26.3 Å². The molecule has 1 aromatic heterocycles. The van der Waals surface area contributed by atoms with Crippen LogP contribution in [0, 0.1) is 5.92 Å². The molecule has 0 aliphatic carbocycles. The first-order valence-electron chi connectivity index (χ1n) is 8.85. The van der Waals surface area contributed by atoms with Gasteiger partial charge in [-0.2, -0.15) is 0 Å². The van der Waals surface area contributed by atoms with Crippen molar-refractivity contribution in [1.82, 2.24) is 14.8 Å². The van der Waals surface area contributed by atoms with Gasteiger partial charge in [0.15, 0.2) is 0 Å². The maximum absolute atomic E-state index is 12.4. The van der Waals surface area contributed by atoms with E-state index in [0.717, 1.165) is 45.0 Å². The number of nitrogens with two attached hydrogens (primary N) is 1. The fourth-order valence-electron chi connectivity index (χ4n) is 2.79. The Morgan fingerprint density at radius 3 is 2.42 bits per heavy atom. The molecule has 26 heavy (non-hydrogen) atoms. The van der Waals surface area contributed by atoms with Crippen LogP contribution in [0.4, 0.5) is 5.82 Å². The number of hydrogen-bond acceptors (Lipinski definition) is 5. The molecule has 1 unspecified atom stereocenters. The summed E-state index contributed by atoms with van der Waals surface area (Å²) in [6.45, 7) is 9.05. The highest BCUT2D eigenvalue weighted by Crippen LogP contribution is 2.12. The monoisotopic (exact) mass is 405 g/mol. The number of hydrogen-bond donors (Lipinski definition) is 1. The summed E-state index contributed by atoms with van der Waals surface area (Å²) in [6, 6.07) is 6.13. The molecule has 1 aromatic rings. The second-order valence-corrected chi connectivity index (χ2v) is 6.96. The van der Waals surface area contributed by atoms with Crippen molar-refractivity contribution < 1.29 is 4.79 Å². The number of anilines is 1. The highest BCUT2D eigenvalue weighted by Gasteiger charge is 2.21. The van der Waals surface area contributed by atoms with Crippen LogP contribution < -0.4 is 10.6 Å². The van der Waals surface area contributed by atoms with Crippen LogP contribution in [0.2, 0.25) is 0 Å². The van der Waals surface area contributed by atoms with Gasteiger partial charge in [0, 0.05) is 52.0 Å². The zero-order valence-electron chi connectivity index (χ0n) is 16.0. The Morgan fingerprint density at radius 2 is 1.88 bits per heavy atom. The van der Waals surface area contributed by atoms with Crippen molar-refractivity contribution in [3.63, 3.8) is 0 Å². The molecule has 6 nitrogen and oxygen atoms in total. The van der Waals surface area contributed by atoms with Gasteiger partial charge in [0.05, 0.1) is 6.54 Å². The van der Waals surface area contributed by atoms with Crippen LogP contribution in [0.3, 0.4) is 0 Å². The first-order valence-corrected chi connectivity index (χ1v) is 8.85. The summed E-state index contributed by atoms with van der Waals surface area (Å²) >= 11 is 0. The zero-order chi connectivity index (χ0) is 17.5. The third-order valence-corrected chi connectivity index (χ3v) is 4.78. The fraction of sp³-hybridized carbons (Fsp3) is 0.667. The lowest BCUT2D eigenvalue weighted by Gasteiger charge is -2.35. The van der Waals surface area contributed by atoms with E-state index in [1.165, 1.54) is 0 Å². The van der Waals surface area contributed by atoms with Gasteiger partial charge in [0.2, 0.25) is 5.91 Å². The van der Waals surface area contributed by atoms with Crippen LogP contribution in [-0.2, 0) is 4.79 Å². The van der Waals surface area contributed by atoms with E-state index in [1.807, 2.05) is 36.3 Å². The van der Waals surface area contributed by atoms with Gasteiger partial charge < -0.3 is 15.5 Å². The number of amides is 1. The number of carbonyl (C=O) groups is 1. The Hall–Kier alpha value is -1.08. The van der Waals surface area contributed by atoms with Gasteiger partial charge in [-0.15, -0.1) is 24.8 Å². The van der Waals surface area contributed by atoms with Gasteiger partial charge in [-0.05, 0) is 24.5 Å². The molecule has 150 valence electrons. The maximum atomic E-state index is 12.4. The Labute approximate surface area is 169 Å². The lowest BCUT2D eigenvalue weighted by Crippen LogP contribution is -2.50. The second kappa shape index (κ2) is 12.3. The largest absolute Gasteiger partial charge is 0.354 e. The third kappa shape index (κ3) is 7.66. The van der Waals surface area contributed by atoms with E-state index in [0.29, 0.717) is 12.5 Å². The summed E-state index contributed by atoms with van der Waals surface area (Å²) in [4.78, 5) is 23.1. The molecule has 2 heterocycles. The number of carbonyl (C=O) groups excluding carboxylic acids is 1. The van der Waals surface area contributed by atoms with Crippen LogP contribution in [0.25, 0.3) is 0 Å². The number of pyridine rings is 1. The molecule has 0 aromatic carbocycles. The van der Waals surface area contributed by atoms with E-state index < -0.39 is 0 Å². The molecule has 1 aliphatic heterocycles. The predicted octanol–water partition coefficient (Wildman–Crippen LogP) is 1.88. The maximum Gasteiger partial charge on any atom is 0.236 e. The van der Waals surface area contributed by atoms with Crippen molar-refractivity contribution in [3.05, 3.63) is 24.4 Å². The fourth-order valence-corrected chi connectivity index (χ4v) is 2.79. The molecule has 8 heteroatoms. The summed E-state index contributed by atoms with van der Waals surface area (Å²) in [5.74, 6) is 1.65. The minimum atomic E-state index is 0. The van der Waals surface area contributed by atoms with E-state index in [-0.39, 0.29) is 36.8 Å². The zero-order valence-corrected chi connectivity index (χ0v) is 17.6. The minimum Gasteiger partial charge on any atom is -0.354 e. The average molecular weight is 406 g/mol. The van der Waals surface area contributed by atoms with Gasteiger partial charge in [-0.1, -0.05) is 19.9 Å². The molecule has 1 fully saturated rings. The number of likely N-dealkylation sites (N-methyl/N-ethyl adjacent to an activating group) is 1. The van der Waals surface area contributed by atoms with Crippen molar-refractivity contribution in [1.29, 1.82) is 0 Å². The molecule has 1 amide bonds. The van der Waals surface area contributed by atoms with Crippen LogP contribution in [0.15, 0.2) is 24.4 Å². The van der Waals surface area contributed by atoms with Crippen LogP contribution >= 0.6 is 24.8 Å². The summed E-state index contributed by atoms with van der Waals surface area (Å²) < 4.78 is 0. The molecular weight excluding hydrogens is 373 g/mol.